The highest BCUT2D eigenvalue weighted by atomic mass is 16.5. The molecular weight excluding hydrogens is 256 g/mol. The van der Waals surface area contributed by atoms with E-state index in [4.69, 9.17) is 4.52 Å². The SMILES string of the molecule is CCc1noc(C)c1CNC(=O)N1CC2CCC1CN2. The maximum absolute atomic E-state index is 12.3. The number of piperazine rings is 1. The second kappa shape index (κ2) is 5.44. The molecule has 3 saturated heterocycles. The highest BCUT2D eigenvalue weighted by Crippen LogP contribution is 2.22. The van der Waals surface area contributed by atoms with Gasteiger partial charge in [-0.25, -0.2) is 4.79 Å². The van der Waals surface area contributed by atoms with Crippen LogP contribution in [0.4, 0.5) is 4.79 Å². The van der Waals surface area contributed by atoms with E-state index in [-0.39, 0.29) is 6.03 Å². The summed E-state index contributed by atoms with van der Waals surface area (Å²) < 4.78 is 5.19. The minimum atomic E-state index is 0.0313. The monoisotopic (exact) mass is 278 g/mol. The molecule has 3 aliphatic heterocycles. The molecule has 0 aromatic carbocycles. The molecule has 2 unspecified atom stereocenters. The Morgan fingerprint density at radius 1 is 1.55 bits per heavy atom. The lowest BCUT2D eigenvalue weighted by Gasteiger charge is -2.45. The van der Waals surface area contributed by atoms with Crippen LogP contribution < -0.4 is 10.6 Å². The first-order valence-electron chi connectivity index (χ1n) is 7.41. The van der Waals surface area contributed by atoms with Crippen molar-refractivity contribution in [2.24, 2.45) is 0 Å². The molecule has 2 atom stereocenters. The maximum atomic E-state index is 12.3. The van der Waals surface area contributed by atoms with Gasteiger partial charge in [0.2, 0.25) is 0 Å². The van der Waals surface area contributed by atoms with Crippen molar-refractivity contribution < 1.29 is 9.32 Å². The molecular formula is C14H22N4O2. The second-order valence-corrected chi connectivity index (χ2v) is 5.66. The summed E-state index contributed by atoms with van der Waals surface area (Å²) in [5.74, 6) is 0.795. The summed E-state index contributed by atoms with van der Waals surface area (Å²) >= 11 is 0. The van der Waals surface area contributed by atoms with E-state index in [0.717, 1.165) is 42.9 Å². The lowest BCUT2D eigenvalue weighted by molar-refractivity contribution is 0.0976. The first-order valence-corrected chi connectivity index (χ1v) is 7.41. The normalized spacial score (nSPS) is 25.0. The summed E-state index contributed by atoms with van der Waals surface area (Å²) in [7, 11) is 0. The summed E-state index contributed by atoms with van der Waals surface area (Å²) in [6.45, 7) is 6.17. The maximum Gasteiger partial charge on any atom is 0.318 e. The number of nitrogens with zero attached hydrogens (tertiary/aromatic N) is 2. The van der Waals surface area contributed by atoms with E-state index in [0.29, 0.717) is 18.6 Å². The van der Waals surface area contributed by atoms with E-state index in [1.54, 1.807) is 0 Å². The van der Waals surface area contributed by atoms with Gasteiger partial charge in [-0.15, -0.1) is 0 Å². The number of hydrogen-bond donors (Lipinski definition) is 2. The Morgan fingerprint density at radius 2 is 2.40 bits per heavy atom. The van der Waals surface area contributed by atoms with Gasteiger partial charge in [-0.1, -0.05) is 12.1 Å². The van der Waals surface area contributed by atoms with Crippen LogP contribution in [-0.2, 0) is 13.0 Å². The van der Waals surface area contributed by atoms with E-state index < -0.39 is 0 Å². The van der Waals surface area contributed by atoms with E-state index in [1.165, 1.54) is 6.42 Å². The highest BCUT2D eigenvalue weighted by Gasteiger charge is 2.36. The number of carbonyl (C=O) groups excluding carboxylic acids is 1. The fourth-order valence-electron chi connectivity index (χ4n) is 3.16. The quantitative estimate of drug-likeness (QED) is 0.871. The van der Waals surface area contributed by atoms with Gasteiger partial charge in [-0.2, -0.15) is 0 Å². The molecule has 1 aromatic rings. The molecule has 1 aromatic heterocycles. The zero-order valence-electron chi connectivity index (χ0n) is 12.1. The van der Waals surface area contributed by atoms with Crippen LogP contribution in [0.15, 0.2) is 4.52 Å². The topological polar surface area (TPSA) is 70.4 Å². The smallest absolute Gasteiger partial charge is 0.318 e. The highest BCUT2D eigenvalue weighted by molar-refractivity contribution is 5.75. The van der Waals surface area contributed by atoms with E-state index in [1.807, 2.05) is 18.7 Å². The van der Waals surface area contributed by atoms with Gasteiger partial charge in [-0.05, 0) is 26.2 Å². The molecule has 0 spiro atoms. The van der Waals surface area contributed by atoms with Crippen LogP contribution >= 0.6 is 0 Å². The summed E-state index contributed by atoms with van der Waals surface area (Å²) in [4.78, 5) is 14.3. The van der Waals surface area contributed by atoms with Crippen molar-refractivity contribution in [2.45, 2.75) is 51.7 Å². The lowest BCUT2D eigenvalue weighted by Crippen LogP contribution is -2.64. The standard InChI is InChI=1S/C14H22N4O2/c1-3-13-12(9(2)20-17-13)7-16-14(19)18-8-10-4-5-11(18)6-15-10/h10-11,15H,3-8H2,1-2H3,(H,16,19). The molecule has 110 valence electrons. The predicted molar refractivity (Wildman–Crippen MR) is 74.4 cm³/mol. The minimum absolute atomic E-state index is 0.0313. The van der Waals surface area contributed by atoms with E-state index in [2.05, 4.69) is 15.8 Å². The molecule has 0 aliphatic carbocycles. The Balaban J connectivity index is 1.61. The van der Waals surface area contributed by atoms with Crippen LogP contribution in [0.3, 0.4) is 0 Å². The van der Waals surface area contributed by atoms with Crippen molar-refractivity contribution in [1.29, 1.82) is 0 Å². The third-order valence-electron chi connectivity index (χ3n) is 4.43. The number of piperidine rings is 2. The molecule has 6 heteroatoms. The third kappa shape index (κ3) is 2.40. The number of nitrogens with one attached hydrogen (secondary N) is 2. The molecule has 4 rings (SSSR count). The van der Waals surface area contributed by atoms with Crippen molar-refractivity contribution in [3.8, 4) is 0 Å². The zero-order valence-corrected chi connectivity index (χ0v) is 12.1. The number of hydrogen-bond acceptors (Lipinski definition) is 4. The number of aryl methyl sites for hydroxylation is 2. The van der Waals surface area contributed by atoms with Crippen molar-refractivity contribution in [3.63, 3.8) is 0 Å². The molecule has 3 fully saturated rings. The van der Waals surface area contributed by atoms with Crippen LogP contribution in [0, 0.1) is 6.92 Å². The van der Waals surface area contributed by atoms with Gasteiger partial charge >= 0.3 is 6.03 Å². The number of fused-ring (bicyclic) bond motifs is 3. The van der Waals surface area contributed by atoms with Gasteiger partial charge in [0, 0.05) is 37.3 Å². The molecule has 6 nitrogen and oxygen atoms in total. The Bertz CT molecular complexity index is 491. The van der Waals surface area contributed by atoms with Gasteiger partial charge in [0.25, 0.3) is 0 Å². The number of urea groups is 1. The van der Waals surface area contributed by atoms with Crippen molar-refractivity contribution in [2.75, 3.05) is 13.1 Å². The first kappa shape index (κ1) is 13.4. The fraction of sp³-hybridized carbons (Fsp3) is 0.714. The Morgan fingerprint density at radius 3 is 3.00 bits per heavy atom. The number of aromatic nitrogens is 1. The average molecular weight is 278 g/mol. The first-order chi connectivity index (χ1) is 9.69. The summed E-state index contributed by atoms with van der Waals surface area (Å²) in [5, 5.41) is 10.5. The van der Waals surface area contributed by atoms with Crippen molar-refractivity contribution in [3.05, 3.63) is 17.0 Å². The summed E-state index contributed by atoms with van der Waals surface area (Å²) in [5.41, 5.74) is 1.95. The molecule has 4 heterocycles. The molecule has 2 bridgehead atoms. The largest absolute Gasteiger partial charge is 0.361 e. The fourth-order valence-corrected chi connectivity index (χ4v) is 3.16. The van der Waals surface area contributed by atoms with E-state index in [9.17, 15) is 4.79 Å². The van der Waals surface area contributed by atoms with Gasteiger partial charge in [0.1, 0.15) is 5.76 Å². The summed E-state index contributed by atoms with van der Waals surface area (Å²) in [6.07, 6.45) is 3.11. The predicted octanol–water partition coefficient (Wildman–Crippen LogP) is 1.19. The Kier molecular flexibility index (Phi) is 3.65. The number of carbonyl (C=O) groups is 1. The van der Waals surface area contributed by atoms with Gasteiger partial charge in [0.05, 0.1) is 5.69 Å². The Labute approximate surface area is 118 Å². The molecule has 2 N–H and O–H groups in total. The average Bonchev–Trinajstić information content (AvgIpc) is 2.86. The van der Waals surface area contributed by atoms with Crippen molar-refractivity contribution in [1.82, 2.24) is 20.7 Å². The molecule has 20 heavy (non-hydrogen) atoms. The Hall–Kier alpha value is -1.56. The minimum Gasteiger partial charge on any atom is -0.361 e. The molecule has 2 amide bonds. The number of rotatable bonds is 3. The van der Waals surface area contributed by atoms with Gasteiger partial charge in [-0.3, -0.25) is 0 Å². The van der Waals surface area contributed by atoms with Gasteiger partial charge < -0.3 is 20.1 Å². The van der Waals surface area contributed by atoms with Crippen LogP contribution in [-0.4, -0.2) is 41.3 Å². The van der Waals surface area contributed by atoms with Crippen LogP contribution in [0.2, 0.25) is 0 Å². The molecule has 3 aliphatic rings. The zero-order chi connectivity index (χ0) is 14.1. The van der Waals surface area contributed by atoms with Crippen LogP contribution in [0.25, 0.3) is 0 Å². The van der Waals surface area contributed by atoms with Crippen LogP contribution in [0.1, 0.15) is 36.8 Å². The van der Waals surface area contributed by atoms with Crippen LogP contribution in [0.5, 0.6) is 0 Å². The summed E-state index contributed by atoms with van der Waals surface area (Å²) in [6, 6.07) is 0.840. The van der Waals surface area contributed by atoms with Gasteiger partial charge in [0.15, 0.2) is 0 Å². The molecule has 0 saturated carbocycles. The molecule has 0 radical (unpaired) electrons. The van der Waals surface area contributed by atoms with E-state index >= 15 is 0 Å². The van der Waals surface area contributed by atoms with Crippen molar-refractivity contribution >= 4 is 6.03 Å². The lowest BCUT2D eigenvalue weighted by atomic mass is 9.93. The third-order valence-corrected chi connectivity index (χ3v) is 4.43. The second-order valence-electron chi connectivity index (χ2n) is 5.66. The number of amides is 2.